The van der Waals surface area contributed by atoms with E-state index in [1.807, 2.05) is 6.07 Å². The molecule has 10 heteroatoms. The molecule has 2 aliphatic rings. The fourth-order valence-corrected chi connectivity index (χ4v) is 4.33. The van der Waals surface area contributed by atoms with Gasteiger partial charge in [-0.15, -0.1) is 0 Å². The molecule has 182 valence electrons. The molecule has 2 aromatic rings. The second-order valence-corrected chi connectivity index (χ2v) is 8.88. The molecule has 1 fully saturated rings. The molecule has 3 amide bonds. The summed E-state index contributed by atoms with van der Waals surface area (Å²) < 4.78 is 5.56. The van der Waals surface area contributed by atoms with Crippen LogP contribution in [0.5, 0.6) is 5.75 Å². The van der Waals surface area contributed by atoms with Gasteiger partial charge >= 0.3 is 0 Å². The van der Waals surface area contributed by atoms with E-state index in [-0.39, 0.29) is 31.4 Å². The van der Waals surface area contributed by atoms with Crippen molar-refractivity contribution in [3.05, 3.63) is 71.3 Å². The van der Waals surface area contributed by atoms with Crippen LogP contribution in [0.2, 0.25) is 5.02 Å². The van der Waals surface area contributed by atoms with E-state index in [2.05, 4.69) is 10.5 Å². The lowest BCUT2D eigenvalue weighted by Crippen LogP contribution is -2.45. The normalized spacial score (nSPS) is 21.1. The van der Waals surface area contributed by atoms with Crippen LogP contribution in [0.4, 0.5) is 5.69 Å². The largest absolute Gasteiger partial charge is 0.484 e. The smallest absolute Gasteiger partial charge is 0.261 e. The summed E-state index contributed by atoms with van der Waals surface area (Å²) in [6.07, 6.45) is 3.69. The van der Waals surface area contributed by atoms with Crippen molar-refractivity contribution in [2.75, 3.05) is 18.5 Å². The quantitative estimate of drug-likeness (QED) is 0.570. The molecule has 9 nitrogen and oxygen atoms in total. The molecule has 0 radical (unpaired) electrons. The third-order valence-electron chi connectivity index (χ3n) is 5.85. The van der Waals surface area contributed by atoms with Crippen LogP contribution in [0.1, 0.15) is 25.3 Å². The molecule has 2 aliphatic heterocycles. The van der Waals surface area contributed by atoms with Gasteiger partial charge in [-0.05, 0) is 49.4 Å². The average molecular weight is 497 g/mol. The molecule has 4 rings (SSSR count). The molecule has 0 bridgehead atoms. The van der Waals surface area contributed by atoms with Gasteiger partial charge in [-0.1, -0.05) is 35.0 Å². The lowest BCUT2D eigenvalue weighted by Gasteiger charge is -2.23. The number of rotatable bonds is 7. The van der Waals surface area contributed by atoms with Gasteiger partial charge in [0.05, 0.1) is 12.3 Å². The molecule has 0 aromatic heterocycles. The van der Waals surface area contributed by atoms with Gasteiger partial charge in [0.25, 0.3) is 5.91 Å². The number of carbonyl (C=O) groups is 3. The molecular weight excluding hydrogens is 472 g/mol. The maximum atomic E-state index is 12.9. The minimum absolute atomic E-state index is 0.147. The number of anilines is 1. The monoisotopic (exact) mass is 496 g/mol. The molecule has 2 aromatic carbocycles. The molecule has 1 saturated heterocycles. The topological polar surface area (TPSA) is 123 Å². The van der Waals surface area contributed by atoms with Crippen molar-refractivity contribution in [3.63, 3.8) is 0 Å². The van der Waals surface area contributed by atoms with Crippen molar-refractivity contribution in [1.29, 1.82) is 0 Å². The molecule has 0 saturated carbocycles. The Balaban J connectivity index is 1.43. The third-order valence-corrected chi connectivity index (χ3v) is 6.10. The Labute approximate surface area is 207 Å². The number of ether oxygens (including phenoxy) is 1. The average Bonchev–Trinajstić information content (AvgIpc) is 3.43. The number of nitrogens with one attached hydrogen (secondary N) is 1. The molecule has 3 N–H and O–H groups in total. The highest BCUT2D eigenvalue weighted by atomic mass is 35.5. The van der Waals surface area contributed by atoms with E-state index >= 15 is 0 Å². The van der Waals surface area contributed by atoms with Crippen LogP contribution in [-0.2, 0) is 19.2 Å². The molecule has 35 heavy (non-hydrogen) atoms. The Morgan fingerprint density at radius 1 is 1.29 bits per heavy atom. The van der Waals surface area contributed by atoms with Crippen molar-refractivity contribution in [2.24, 2.45) is 10.9 Å². The molecule has 0 aliphatic carbocycles. The molecule has 2 heterocycles. The second-order valence-electron chi connectivity index (χ2n) is 8.45. The fourth-order valence-electron chi connectivity index (χ4n) is 4.21. The van der Waals surface area contributed by atoms with E-state index in [1.165, 1.54) is 11.0 Å². The molecular formula is C25H25ClN4O5. The van der Waals surface area contributed by atoms with E-state index in [9.17, 15) is 14.4 Å². The highest BCUT2D eigenvalue weighted by molar-refractivity contribution is 6.30. The number of benzene rings is 2. The van der Waals surface area contributed by atoms with Crippen molar-refractivity contribution in [3.8, 4) is 5.75 Å². The number of primary amides is 1. The molecule has 1 unspecified atom stereocenters. The Bertz CT molecular complexity index is 1200. The number of hydrogen-bond donors (Lipinski definition) is 2. The minimum atomic E-state index is -0.866. The van der Waals surface area contributed by atoms with Gasteiger partial charge in [-0.3, -0.25) is 14.4 Å². The van der Waals surface area contributed by atoms with Gasteiger partial charge in [0.2, 0.25) is 11.8 Å². The number of nitrogens with zero attached hydrogens (tertiary/aromatic N) is 2. The van der Waals surface area contributed by atoms with Crippen LogP contribution >= 0.6 is 11.6 Å². The van der Waals surface area contributed by atoms with Crippen LogP contribution in [0.3, 0.4) is 0 Å². The number of halogens is 1. The number of allylic oxidation sites excluding steroid dienone is 1. The summed E-state index contributed by atoms with van der Waals surface area (Å²) in [5.74, 6) is -0.754. The minimum Gasteiger partial charge on any atom is -0.484 e. The summed E-state index contributed by atoms with van der Waals surface area (Å²) in [5, 5.41) is 7.58. The standard InChI is InChI=1S/C25H25ClN4O5/c1-2-4-22(31)28-18-6-3-5-16(11-18)20-12-25(35-29-20)13-21(24(27)33)30(15-25)23(32)14-34-19-9-7-17(26)8-10-19/h2-11,21H,12-15H2,1H3,(H2,27,33)(H,28,31)/b4-2+/t21-,25?/m0/s1. The van der Waals surface area contributed by atoms with Gasteiger partial charge in [0, 0.05) is 29.1 Å². The van der Waals surface area contributed by atoms with Crippen molar-refractivity contribution in [1.82, 2.24) is 4.90 Å². The van der Waals surface area contributed by atoms with Crippen LogP contribution in [-0.4, -0.2) is 53.1 Å². The third kappa shape index (κ3) is 5.63. The van der Waals surface area contributed by atoms with E-state index in [1.54, 1.807) is 55.5 Å². The van der Waals surface area contributed by atoms with Gasteiger partial charge in [-0.2, -0.15) is 0 Å². The lowest BCUT2D eigenvalue weighted by atomic mass is 9.91. The number of hydrogen-bond acceptors (Lipinski definition) is 6. The molecule has 2 atom stereocenters. The summed E-state index contributed by atoms with van der Waals surface area (Å²) in [4.78, 5) is 44.1. The SMILES string of the molecule is C/C=C/C(=O)Nc1cccc(C2=NOC3(C2)C[C@@H](C(N)=O)N(C(=O)COc2ccc(Cl)cc2)C3)c1. The molecule has 1 spiro atoms. The summed E-state index contributed by atoms with van der Waals surface area (Å²) in [6.45, 7) is 1.65. The van der Waals surface area contributed by atoms with Crippen LogP contribution in [0.25, 0.3) is 0 Å². The van der Waals surface area contributed by atoms with E-state index in [0.29, 0.717) is 28.6 Å². The first-order valence-corrected chi connectivity index (χ1v) is 11.4. The summed E-state index contributed by atoms with van der Waals surface area (Å²) >= 11 is 5.87. The highest BCUT2D eigenvalue weighted by Gasteiger charge is 2.53. The van der Waals surface area contributed by atoms with Gasteiger partial charge in [0.1, 0.15) is 11.8 Å². The predicted octanol–water partition coefficient (Wildman–Crippen LogP) is 2.88. The Morgan fingerprint density at radius 2 is 2.06 bits per heavy atom. The number of oxime groups is 1. The van der Waals surface area contributed by atoms with Crippen LogP contribution < -0.4 is 15.8 Å². The fraction of sp³-hybridized carbons (Fsp3) is 0.280. The number of amides is 3. The number of likely N-dealkylation sites (tertiary alicyclic amines) is 1. The predicted molar refractivity (Wildman–Crippen MR) is 131 cm³/mol. The van der Waals surface area contributed by atoms with Crippen molar-refractivity contribution in [2.45, 2.75) is 31.4 Å². The maximum absolute atomic E-state index is 12.9. The Morgan fingerprint density at radius 3 is 2.77 bits per heavy atom. The van der Waals surface area contributed by atoms with E-state index in [4.69, 9.17) is 26.9 Å². The summed E-state index contributed by atoms with van der Waals surface area (Å²) in [7, 11) is 0. The zero-order chi connectivity index (χ0) is 25.0. The van der Waals surface area contributed by atoms with E-state index < -0.39 is 17.6 Å². The first kappa shape index (κ1) is 24.3. The van der Waals surface area contributed by atoms with Gasteiger partial charge < -0.3 is 25.5 Å². The summed E-state index contributed by atoms with van der Waals surface area (Å²) in [5.41, 5.74) is 6.79. The first-order valence-electron chi connectivity index (χ1n) is 11.0. The zero-order valence-electron chi connectivity index (χ0n) is 19.1. The lowest BCUT2D eigenvalue weighted by molar-refractivity contribution is -0.139. The Kier molecular flexibility index (Phi) is 7.07. The van der Waals surface area contributed by atoms with Gasteiger partial charge in [-0.25, -0.2) is 0 Å². The van der Waals surface area contributed by atoms with Crippen molar-refractivity contribution >= 4 is 40.7 Å². The zero-order valence-corrected chi connectivity index (χ0v) is 19.8. The van der Waals surface area contributed by atoms with Crippen molar-refractivity contribution < 1.29 is 24.0 Å². The highest BCUT2D eigenvalue weighted by Crippen LogP contribution is 2.39. The number of nitrogens with two attached hydrogens (primary N) is 1. The maximum Gasteiger partial charge on any atom is 0.261 e. The number of carbonyl (C=O) groups excluding carboxylic acids is 3. The second kappa shape index (κ2) is 10.2. The first-order chi connectivity index (χ1) is 16.8. The van der Waals surface area contributed by atoms with Crippen LogP contribution in [0.15, 0.2) is 65.8 Å². The van der Waals surface area contributed by atoms with Crippen LogP contribution in [0, 0.1) is 0 Å². The van der Waals surface area contributed by atoms with E-state index in [0.717, 1.165) is 5.56 Å². The summed E-state index contributed by atoms with van der Waals surface area (Å²) in [6, 6.07) is 13.0. The Hall–Kier alpha value is -3.85. The van der Waals surface area contributed by atoms with Gasteiger partial charge in [0.15, 0.2) is 12.2 Å².